The second kappa shape index (κ2) is 5.46. The van der Waals surface area contributed by atoms with Crippen LogP contribution in [-0.4, -0.2) is 30.5 Å². The van der Waals surface area contributed by atoms with Gasteiger partial charge in [0, 0.05) is 39.6 Å². The van der Waals surface area contributed by atoms with Crippen molar-refractivity contribution >= 4 is 0 Å². The van der Waals surface area contributed by atoms with Gasteiger partial charge in [-0.05, 0) is 6.92 Å². The summed E-state index contributed by atoms with van der Waals surface area (Å²) in [7, 11) is 1.65. The number of methoxy groups -OCH3 is 1. The minimum atomic E-state index is -0.504. The molecule has 1 aliphatic heterocycles. The van der Waals surface area contributed by atoms with E-state index in [-0.39, 0.29) is 5.92 Å². The topological polar surface area (TPSA) is 81.2 Å². The molecule has 1 atom stereocenters. The van der Waals surface area contributed by atoms with Gasteiger partial charge in [0.2, 0.25) is 11.7 Å². The highest BCUT2D eigenvalue weighted by molar-refractivity contribution is 5.04. The zero-order chi connectivity index (χ0) is 13.0. The van der Waals surface area contributed by atoms with Gasteiger partial charge in [-0.1, -0.05) is 5.16 Å². The lowest BCUT2D eigenvalue weighted by atomic mass is 9.93. The standard InChI is InChI=1S/C12H17N3O3/c1-9(8-13)7-10-14-11(15-18-10)12(16-2)3-5-17-6-4-12/h9H,3-7H2,1-2H3. The van der Waals surface area contributed by atoms with Crippen LogP contribution < -0.4 is 0 Å². The second-order valence-electron chi connectivity index (χ2n) is 4.56. The summed E-state index contributed by atoms with van der Waals surface area (Å²) in [6, 6.07) is 2.15. The molecule has 1 aromatic rings. The average Bonchev–Trinajstić information content (AvgIpc) is 2.88. The summed E-state index contributed by atoms with van der Waals surface area (Å²) in [4.78, 5) is 4.36. The number of ether oxygens (including phenoxy) is 2. The van der Waals surface area contributed by atoms with Gasteiger partial charge >= 0.3 is 0 Å². The van der Waals surface area contributed by atoms with Gasteiger partial charge in [0.05, 0.1) is 12.0 Å². The summed E-state index contributed by atoms with van der Waals surface area (Å²) in [5.41, 5.74) is -0.504. The zero-order valence-electron chi connectivity index (χ0n) is 10.7. The first-order valence-electron chi connectivity index (χ1n) is 6.06. The largest absolute Gasteiger partial charge is 0.381 e. The smallest absolute Gasteiger partial charge is 0.228 e. The van der Waals surface area contributed by atoms with Crippen LogP contribution in [-0.2, 0) is 21.5 Å². The SMILES string of the molecule is COC1(c2noc(CC(C)C#N)n2)CCOCC1. The van der Waals surface area contributed by atoms with E-state index >= 15 is 0 Å². The highest BCUT2D eigenvalue weighted by Gasteiger charge is 2.39. The van der Waals surface area contributed by atoms with Crippen molar-refractivity contribution in [2.75, 3.05) is 20.3 Å². The summed E-state index contributed by atoms with van der Waals surface area (Å²) < 4.78 is 16.1. The van der Waals surface area contributed by atoms with Gasteiger partial charge in [0.1, 0.15) is 5.60 Å². The fourth-order valence-electron chi connectivity index (χ4n) is 2.05. The van der Waals surface area contributed by atoms with Gasteiger partial charge in [0.15, 0.2) is 0 Å². The second-order valence-corrected chi connectivity index (χ2v) is 4.56. The Morgan fingerprint density at radius 2 is 2.22 bits per heavy atom. The summed E-state index contributed by atoms with van der Waals surface area (Å²) in [6.45, 7) is 3.09. The molecule has 1 unspecified atom stereocenters. The monoisotopic (exact) mass is 251 g/mol. The molecular formula is C12H17N3O3. The molecule has 2 rings (SSSR count). The lowest BCUT2D eigenvalue weighted by Crippen LogP contribution is -2.36. The molecule has 0 spiro atoms. The normalized spacial score (nSPS) is 20.3. The van der Waals surface area contributed by atoms with Crippen molar-refractivity contribution in [1.82, 2.24) is 10.1 Å². The first kappa shape index (κ1) is 13.0. The third kappa shape index (κ3) is 2.52. The Hall–Kier alpha value is -1.45. The Labute approximate surface area is 106 Å². The highest BCUT2D eigenvalue weighted by atomic mass is 16.5. The van der Waals surface area contributed by atoms with Gasteiger partial charge < -0.3 is 14.0 Å². The molecule has 0 aromatic carbocycles. The van der Waals surface area contributed by atoms with Crippen LogP contribution in [0.5, 0.6) is 0 Å². The lowest BCUT2D eigenvalue weighted by Gasteiger charge is -2.32. The van der Waals surface area contributed by atoms with Gasteiger partial charge in [-0.15, -0.1) is 0 Å². The molecule has 0 bridgehead atoms. The number of nitriles is 1. The van der Waals surface area contributed by atoms with Crippen molar-refractivity contribution in [3.05, 3.63) is 11.7 Å². The van der Waals surface area contributed by atoms with E-state index in [1.54, 1.807) is 7.11 Å². The van der Waals surface area contributed by atoms with Crippen LogP contribution in [0.3, 0.4) is 0 Å². The minimum Gasteiger partial charge on any atom is -0.381 e. The summed E-state index contributed by atoms with van der Waals surface area (Å²) >= 11 is 0. The Morgan fingerprint density at radius 1 is 1.50 bits per heavy atom. The third-order valence-corrected chi connectivity index (χ3v) is 3.27. The lowest BCUT2D eigenvalue weighted by molar-refractivity contribution is -0.101. The predicted octanol–water partition coefficient (Wildman–Crippen LogP) is 1.42. The highest BCUT2D eigenvalue weighted by Crippen LogP contribution is 2.33. The first-order chi connectivity index (χ1) is 8.70. The van der Waals surface area contributed by atoms with Crippen molar-refractivity contribution in [2.24, 2.45) is 5.92 Å². The molecule has 1 aromatic heterocycles. The van der Waals surface area contributed by atoms with Crippen LogP contribution in [0.15, 0.2) is 4.52 Å². The average molecular weight is 251 g/mol. The number of hydrogen-bond donors (Lipinski definition) is 0. The molecule has 98 valence electrons. The molecule has 6 nitrogen and oxygen atoms in total. The molecule has 0 amide bonds. The fraction of sp³-hybridized carbons (Fsp3) is 0.750. The molecular weight excluding hydrogens is 234 g/mol. The molecule has 2 heterocycles. The van der Waals surface area contributed by atoms with E-state index in [4.69, 9.17) is 19.3 Å². The van der Waals surface area contributed by atoms with Crippen molar-refractivity contribution in [3.8, 4) is 6.07 Å². The third-order valence-electron chi connectivity index (χ3n) is 3.27. The van der Waals surface area contributed by atoms with Crippen LogP contribution in [0.2, 0.25) is 0 Å². The van der Waals surface area contributed by atoms with Crippen LogP contribution in [0.25, 0.3) is 0 Å². The molecule has 0 saturated carbocycles. The van der Waals surface area contributed by atoms with Gasteiger partial charge in [0.25, 0.3) is 0 Å². The molecule has 6 heteroatoms. The van der Waals surface area contributed by atoms with E-state index in [1.165, 1.54) is 0 Å². The minimum absolute atomic E-state index is 0.133. The predicted molar refractivity (Wildman–Crippen MR) is 61.5 cm³/mol. The maximum atomic E-state index is 8.77. The van der Waals surface area contributed by atoms with E-state index in [9.17, 15) is 0 Å². The van der Waals surface area contributed by atoms with Crippen molar-refractivity contribution in [3.63, 3.8) is 0 Å². The number of hydrogen-bond acceptors (Lipinski definition) is 6. The molecule has 0 radical (unpaired) electrons. The maximum absolute atomic E-state index is 8.77. The van der Waals surface area contributed by atoms with Crippen molar-refractivity contribution in [2.45, 2.75) is 31.8 Å². The molecule has 1 aliphatic rings. The van der Waals surface area contributed by atoms with Crippen molar-refractivity contribution in [1.29, 1.82) is 5.26 Å². The Kier molecular flexibility index (Phi) is 3.94. The molecule has 1 saturated heterocycles. The van der Waals surface area contributed by atoms with E-state index in [1.807, 2.05) is 6.92 Å². The number of rotatable bonds is 4. The van der Waals surface area contributed by atoms with Crippen LogP contribution >= 0.6 is 0 Å². The zero-order valence-corrected chi connectivity index (χ0v) is 10.7. The summed E-state index contributed by atoms with van der Waals surface area (Å²) in [5, 5.41) is 12.8. The summed E-state index contributed by atoms with van der Waals surface area (Å²) in [6.07, 6.45) is 1.91. The van der Waals surface area contributed by atoms with Crippen molar-refractivity contribution < 1.29 is 14.0 Å². The van der Waals surface area contributed by atoms with E-state index < -0.39 is 5.60 Å². The van der Waals surface area contributed by atoms with Crippen LogP contribution in [0, 0.1) is 17.2 Å². The molecule has 0 N–H and O–H groups in total. The quantitative estimate of drug-likeness (QED) is 0.805. The number of nitrogens with zero attached hydrogens (tertiary/aromatic N) is 3. The fourth-order valence-corrected chi connectivity index (χ4v) is 2.05. The van der Waals surface area contributed by atoms with Gasteiger partial charge in [-0.25, -0.2) is 0 Å². The van der Waals surface area contributed by atoms with E-state index in [0.717, 1.165) is 12.8 Å². The van der Waals surface area contributed by atoms with Gasteiger partial charge in [-0.2, -0.15) is 10.2 Å². The molecule has 1 fully saturated rings. The molecule has 18 heavy (non-hydrogen) atoms. The van der Waals surface area contributed by atoms with Gasteiger partial charge in [-0.3, -0.25) is 0 Å². The maximum Gasteiger partial charge on any atom is 0.228 e. The van der Waals surface area contributed by atoms with Crippen LogP contribution in [0.4, 0.5) is 0 Å². The Bertz CT molecular complexity index is 432. The Morgan fingerprint density at radius 3 is 2.83 bits per heavy atom. The first-order valence-corrected chi connectivity index (χ1v) is 6.06. The van der Waals surface area contributed by atoms with Crippen LogP contribution in [0.1, 0.15) is 31.5 Å². The summed E-state index contributed by atoms with van der Waals surface area (Å²) in [5.74, 6) is 0.918. The van der Waals surface area contributed by atoms with E-state index in [0.29, 0.717) is 31.3 Å². The van der Waals surface area contributed by atoms with E-state index in [2.05, 4.69) is 16.2 Å². The Balaban J connectivity index is 2.15. The number of aromatic nitrogens is 2. The molecule has 0 aliphatic carbocycles.